The Morgan fingerprint density at radius 2 is 2.00 bits per heavy atom. The van der Waals surface area contributed by atoms with Crippen LogP contribution in [0.2, 0.25) is 0 Å². The number of amides is 2. The molecule has 2 aliphatic rings. The molecule has 3 heterocycles. The molecule has 0 unspecified atom stereocenters. The average Bonchev–Trinajstić information content (AvgIpc) is 3.48. The Morgan fingerprint density at radius 3 is 2.68 bits per heavy atom. The summed E-state index contributed by atoms with van der Waals surface area (Å²) in [5, 5.41) is 12.6. The van der Waals surface area contributed by atoms with E-state index in [9.17, 15) is 26.7 Å². The van der Waals surface area contributed by atoms with Crippen molar-refractivity contribution in [3.63, 3.8) is 0 Å². The fourth-order valence-electron chi connectivity index (χ4n) is 4.05. The van der Waals surface area contributed by atoms with E-state index < -0.39 is 23.5 Å². The minimum Gasteiger partial charge on any atom is -0.381 e. The number of aromatic nitrogens is 2. The smallest absolute Gasteiger partial charge is 0.381 e. The zero-order valence-corrected chi connectivity index (χ0v) is 19.0. The molecule has 1 saturated carbocycles. The quantitative estimate of drug-likeness (QED) is 0.287. The molecule has 182 valence electrons. The predicted octanol–water partition coefficient (Wildman–Crippen LogP) is 5.91. The number of urea groups is 1. The number of rotatable bonds is 5. The standard InChI is InChI=1S/C20H18F5N5O2S2/c21-19(22)6-4-9(5-7-19)27-11-3-1-2-10-13(11)33-15(14(10)34-20(23,24)25)16-29-17(32-30-16)12-8-26-18(31)28-12/h1-3,9,12,27H,4-8H2,(H2,26,28,31)/t12-/m1/s1. The van der Waals surface area contributed by atoms with E-state index in [-0.39, 0.29) is 71.5 Å². The molecule has 0 bridgehead atoms. The van der Waals surface area contributed by atoms with Crippen LogP contribution in [-0.4, -0.2) is 40.2 Å². The summed E-state index contributed by atoms with van der Waals surface area (Å²) in [6.45, 7) is 0.214. The summed E-state index contributed by atoms with van der Waals surface area (Å²) in [7, 11) is 0. The Kier molecular flexibility index (Phi) is 5.82. The fourth-order valence-corrected chi connectivity index (χ4v) is 6.16. The van der Waals surface area contributed by atoms with Gasteiger partial charge < -0.3 is 20.5 Å². The maximum absolute atomic E-state index is 13.5. The van der Waals surface area contributed by atoms with Crippen LogP contribution in [0.5, 0.6) is 0 Å². The van der Waals surface area contributed by atoms with E-state index in [0.717, 1.165) is 11.3 Å². The normalized spacial score (nSPS) is 21.0. The van der Waals surface area contributed by atoms with Gasteiger partial charge in [0, 0.05) is 35.7 Å². The minimum atomic E-state index is -4.56. The van der Waals surface area contributed by atoms with Gasteiger partial charge in [-0.25, -0.2) is 13.6 Å². The number of hydrogen-bond acceptors (Lipinski definition) is 7. The number of carbonyl (C=O) groups is 1. The average molecular weight is 520 g/mol. The summed E-state index contributed by atoms with van der Waals surface area (Å²) in [4.78, 5) is 15.7. The lowest BCUT2D eigenvalue weighted by atomic mass is 9.92. The molecule has 3 N–H and O–H groups in total. The molecule has 0 radical (unpaired) electrons. The highest BCUT2D eigenvalue weighted by Crippen LogP contribution is 2.51. The Balaban J connectivity index is 1.51. The van der Waals surface area contributed by atoms with Crippen molar-refractivity contribution < 1.29 is 31.3 Å². The molecule has 1 aliphatic carbocycles. The number of carbonyl (C=O) groups excluding carboxylic acids is 1. The van der Waals surface area contributed by atoms with Crippen LogP contribution < -0.4 is 16.0 Å². The first-order valence-electron chi connectivity index (χ1n) is 10.4. The van der Waals surface area contributed by atoms with Crippen LogP contribution in [-0.2, 0) is 0 Å². The van der Waals surface area contributed by atoms with Crippen LogP contribution in [0, 0.1) is 0 Å². The second-order valence-electron chi connectivity index (χ2n) is 8.13. The maximum atomic E-state index is 13.5. The van der Waals surface area contributed by atoms with Gasteiger partial charge in [-0.3, -0.25) is 0 Å². The van der Waals surface area contributed by atoms with E-state index in [4.69, 9.17) is 4.52 Å². The Morgan fingerprint density at radius 1 is 1.24 bits per heavy atom. The van der Waals surface area contributed by atoms with E-state index in [2.05, 4.69) is 26.1 Å². The van der Waals surface area contributed by atoms with Crippen molar-refractivity contribution in [1.82, 2.24) is 20.8 Å². The van der Waals surface area contributed by atoms with E-state index in [0.29, 0.717) is 15.8 Å². The van der Waals surface area contributed by atoms with Crippen molar-refractivity contribution in [2.45, 2.75) is 54.1 Å². The van der Waals surface area contributed by atoms with Gasteiger partial charge >= 0.3 is 11.5 Å². The molecule has 1 saturated heterocycles. The summed E-state index contributed by atoms with van der Waals surface area (Å²) in [5.74, 6) is -2.62. The van der Waals surface area contributed by atoms with E-state index in [1.165, 1.54) is 0 Å². The number of nitrogens with zero attached hydrogens (tertiary/aromatic N) is 2. The Labute approximate surface area is 197 Å². The second-order valence-corrected chi connectivity index (χ2v) is 10.2. The van der Waals surface area contributed by atoms with E-state index >= 15 is 0 Å². The van der Waals surface area contributed by atoms with Crippen LogP contribution in [0.25, 0.3) is 20.8 Å². The number of anilines is 1. The second kappa shape index (κ2) is 8.56. The molecular formula is C20H18F5N5O2S2. The maximum Gasteiger partial charge on any atom is 0.446 e. The number of thioether (sulfide) groups is 1. The van der Waals surface area contributed by atoms with Crippen molar-refractivity contribution in [3.05, 3.63) is 24.1 Å². The molecule has 2 fully saturated rings. The zero-order chi connectivity index (χ0) is 24.1. The van der Waals surface area contributed by atoms with Crippen LogP contribution in [0.1, 0.15) is 37.6 Å². The molecule has 0 spiro atoms. The highest BCUT2D eigenvalue weighted by Gasteiger charge is 2.37. The highest BCUT2D eigenvalue weighted by atomic mass is 32.2. The third-order valence-electron chi connectivity index (χ3n) is 5.68. The number of alkyl halides is 5. The molecule has 1 atom stereocenters. The Bertz CT molecular complexity index is 1220. The molecule has 3 aromatic rings. The van der Waals surface area contributed by atoms with Crippen molar-refractivity contribution in [2.75, 3.05) is 11.9 Å². The third kappa shape index (κ3) is 4.78. The Hall–Kier alpha value is -2.61. The fraction of sp³-hybridized carbons (Fsp3) is 0.450. The zero-order valence-electron chi connectivity index (χ0n) is 17.3. The van der Waals surface area contributed by atoms with Gasteiger partial charge in [0.15, 0.2) is 0 Å². The minimum absolute atomic E-state index is 0.0210. The molecule has 2 aromatic heterocycles. The number of benzene rings is 1. The molecular weight excluding hydrogens is 501 g/mol. The summed E-state index contributed by atoms with van der Waals surface area (Å²) in [5.41, 5.74) is -3.99. The van der Waals surface area contributed by atoms with E-state index in [1.54, 1.807) is 18.2 Å². The molecule has 1 aliphatic heterocycles. The van der Waals surface area contributed by atoms with Crippen LogP contribution in [0.4, 0.5) is 32.4 Å². The van der Waals surface area contributed by atoms with Crippen LogP contribution >= 0.6 is 23.1 Å². The largest absolute Gasteiger partial charge is 0.446 e. The molecule has 7 nitrogen and oxygen atoms in total. The number of nitrogens with one attached hydrogen (secondary N) is 3. The number of thiophene rings is 1. The molecule has 1 aromatic carbocycles. The van der Waals surface area contributed by atoms with Crippen molar-refractivity contribution >= 4 is 44.9 Å². The number of halogens is 5. The molecule has 2 amide bonds. The first-order chi connectivity index (χ1) is 16.1. The first kappa shape index (κ1) is 23.1. The molecule has 5 rings (SSSR count). The topological polar surface area (TPSA) is 92.1 Å². The summed E-state index contributed by atoms with van der Waals surface area (Å²) in [6.07, 6.45) is 0.0651. The first-order valence-corrected chi connectivity index (χ1v) is 12.1. The van der Waals surface area contributed by atoms with Gasteiger partial charge in [-0.2, -0.15) is 18.2 Å². The summed E-state index contributed by atoms with van der Waals surface area (Å²) in [6, 6.07) is 3.73. The SMILES string of the molecule is O=C1NC[C@H](c2nc(-c3sc4c(NC5CCC(F)(F)CC5)cccc4c3SC(F)(F)F)no2)N1. The van der Waals surface area contributed by atoms with Gasteiger partial charge in [0.2, 0.25) is 11.7 Å². The van der Waals surface area contributed by atoms with Gasteiger partial charge in [-0.1, -0.05) is 17.3 Å². The third-order valence-corrected chi connectivity index (χ3v) is 7.90. The van der Waals surface area contributed by atoms with Gasteiger partial charge in [0.05, 0.1) is 15.3 Å². The molecule has 34 heavy (non-hydrogen) atoms. The van der Waals surface area contributed by atoms with Crippen LogP contribution in [0.15, 0.2) is 27.6 Å². The predicted molar refractivity (Wildman–Crippen MR) is 117 cm³/mol. The van der Waals surface area contributed by atoms with Gasteiger partial charge in [-0.15, -0.1) is 11.3 Å². The monoisotopic (exact) mass is 519 g/mol. The summed E-state index contributed by atoms with van der Waals surface area (Å²) >= 11 is 0.804. The van der Waals surface area contributed by atoms with Crippen molar-refractivity contribution in [2.24, 2.45) is 0 Å². The van der Waals surface area contributed by atoms with Crippen molar-refractivity contribution in [1.29, 1.82) is 0 Å². The van der Waals surface area contributed by atoms with Crippen LogP contribution in [0.3, 0.4) is 0 Å². The van der Waals surface area contributed by atoms with Crippen molar-refractivity contribution in [3.8, 4) is 10.7 Å². The van der Waals surface area contributed by atoms with Gasteiger partial charge in [-0.05, 0) is 30.7 Å². The van der Waals surface area contributed by atoms with Gasteiger partial charge in [0.25, 0.3) is 5.89 Å². The summed E-state index contributed by atoms with van der Waals surface area (Å²) < 4.78 is 73.1. The highest BCUT2D eigenvalue weighted by molar-refractivity contribution is 8.00. The number of fused-ring (bicyclic) bond motifs is 1. The van der Waals surface area contributed by atoms with Gasteiger partial charge in [0.1, 0.15) is 6.04 Å². The number of hydrogen-bond donors (Lipinski definition) is 3. The lowest BCUT2D eigenvalue weighted by molar-refractivity contribution is -0.0362. The van der Waals surface area contributed by atoms with E-state index in [1.807, 2.05) is 0 Å². The molecule has 14 heteroatoms. The lowest BCUT2D eigenvalue weighted by Gasteiger charge is -2.29. The lowest BCUT2D eigenvalue weighted by Crippen LogP contribution is -2.32.